The molecule has 0 amide bonds. The number of rotatable bonds is 7. The maximum atomic E-state index is 12.4. The molecule has 120 valence electrons. The topological polar surface area (TPSA) is 84.2 Å². The summed E-state index contributed by atoms with van der Waals surface area (Å²) in [6.07, 6.45) is 0. The Bertz CT molecular complexity index is 742. The second-order valence-electron chi connectivity index (χ2n) is 4.17. The van der Waals surface area contributed by atoms with E-state index in [4.69, 9.17) is 22.7 Å². The van der Waals surface area contributed by atoms with E-state index in [2.05, 4.69) is 0 Å². The van der Waals surface area contributed by atoms with Crippen LogP contribution < -0.4 is 14.9 Å². The fourth-order valence-electron chi connectivity index (χ4n) is 1.84. The summed E-state index contributed by atoms with van der Waals surface area (Å²) in [6, 6.07) is 5.94. The van der Waals surface area contributed by atoms with Gasteiger partial charge in [0.15, 0.2) is 0 Å². The van der Waals surface area contributed by atoms with Crippen molar-refractivity contribution in [3.05, 3.63) is 34.7 Å². The lowest BCUT2D eigenvalue weighted by atomic mass is 10.2. The number of fused-ring (bicyclic) bond motifs is 1. The minimum Gasteiger partial charge on any atom is -0.497 e. The minimum atomic E-state index is -3.80. The van der Waals surface area contributed by atoms with Gasteiger partial charge in [-0.3, -0.25) is 9.05 Å². The maximum Gasteiger partial charge on any atom is 0.530 e. The highest BCUT2D eigenvalue weighted by Crippen LogP contribution is 2.50. The number of hydrogen-bond acceptors (Lipinski definition) is 7. The van der Waals surface area contributed by atoms with Crippen LogP contribution in [0.15, 0.2) is 33.5 Å². The second kappa shape index (κ2) is 6.96. The molecule has 7 nitrogen and oxygen atoms in total. The van der Waals surface area contributed by atoms with Gasteiger partial charge in [-0.25, -0.2) is 9.36 Å². The Morgan fingerprint density at radius 3 is 2.41 bits per heavy atom. The van der Waals surface area contributed by atoms with Crippen LogP contribution in [0.3, 0.4) is 0 Å². The summed E-state index contributed by atoms with van der Waals surface area (Å²) >= 11 is 0. The van der Waals surface area contributed by atoms with Gasteiger partial charge < -0.3 is 13.7 Å². The van der Waals surface area contributed by atoms with Gasteiger partial charge in [0.1, 0.15) is 17.1 Å². The van der Waals surface area contributed by atoms with Crippen LogP contribution in [0.25, 0.3) is 11.0 Å². The van der Waals surface area contributed by atoms with Crippen molar-refractivity contribution in [1.82, 2.24) is 0 Å². The third-order valence-electron chi connectivity index (χ3n) is 2.70. The predicted molar refractivity (Wildman–Crippen MR) is 80.5 cm³/mol. The largest absolute Gasteiger partial charge is 0.530 e. The van der Waals surface area contributed by atoms with Crippen molar-refractivity contribution in [3.63, 3.8) is 0 Å². The number of phosphoric acid groups is 1. The Hall–Kier alpha value is -1.82. The van der Waals surface area contributed by atoms with E-state index in [1.807, 2.05) is 0 Å². The zero-order chi connectivity index (χ0) is 16.2. The van der Waals surface area contributed by atoms with E-state index in [1.54, 1.807) is 26.0 Å². The number of hydrogen-bond donors (Lipinski definition) is 0. The van der Waals surface area contributed by atoms with Gasteiger partial charge in [0.05, 0.1) is 31.8 Å². The third-order valence-corrected chi connectivity index (χ3v) is 4.27. The van der Waals surface area contributed by atoms with Crippen LogP contribution in [0.5, 0.6) is 11.5 Å². The molecular formula is C14H17O7P. The average molecular weight is 328 g/mol. The molecule has 0 bridgehead atoms. The molecule has 0 aliphatic rings. The summed E-state index contributed by atoms with van der Waals surface area (Å²) in [5, 5.41) is 0.458. The maximum absolute atomic E-state index is 12.4. The first-order valence-corrected chi connectivity index (χ1v) is 8.18. The van der Waals surface area contributed by atoms with Crippen molar-refractivity contribution >= 4 is 18.8 Å². The third kappa shape index (κ3) is 3.68. The minimum absolute atomic E-state index is 0.0686. The first kappa shape index (κ1) is 16.5. The van der Waals surface area contributed by atoms with Gasteiger partial charge in [-0.1, -0.05) is 0 Å². The van der Waals surface area contributed by atoms with E-state index in [-0.39, 0.29) is 24.5 Å². The highest BCUT2D eigenvalue weighted by atomic mass is 31.2. The van der Waals surface area contributed by atoms with Crippen LogP contribution in [0, 0.1) is 0 Å². The van der Waals surface area contributed by atoms with Gasteiger partial charge in [-0.05, 0) is 26.0 Å². The summed E-state index contributed by atoms with van der Waals surface area (Å²) in [6.45, 7) is 3.61. The van der Waals surface area contributed by atoms with Gasteiger partial charge >= 0.3 is 13.4 Å². The molecule has 0 saturated carbocycles. The lowest BCUT2D eigenvalue weighted by molar-refractivity contribution is 0.168. The number of methoxy groups -OCH3 is 1. The van der Waals surface area contributed by atoms with E-state index in [9.17, 15) is 9.36 Å². The van der Waals surface area contributed by atoms with Crippen molar-refractivity contribution in [2.24, 2.45) is 0 Å². The lowest BCUT2D eigenvalue weighted by Crippen LogP contribution is -2.05. The van der Waals surface area contributed by atoms with Crippen LogP contribution in [0.2, 0.25) is 0 Å². The molecule has 22 heavy (non-hydrogen) atoms. The summed E-state index contributed by atoms with van der Waals surface area (Å²) in [5.74, 6) is 0.588. The predicted octanol–water partition coefficient (Wildman–Crippen LogP) is 3.36. The fraction of sp³-hybridized carbons (Fsp3) is 0.357. The molecular weight excluding hydrogens is 311 g/mol. The Labute approximate surface area is 127 Å². The van der Waals surface area contributed by atoms with Gasteiger partial charge in [0.25, 0.3) is 0 Å². The molecule has 0 saturated heterocycles. The van der Waals surface area contributed by atoms with Crippen LogP contribution in [-0.4, -0.2) is 20.3 Å². The van der Waals surface area contributed by atoms with E-state index in [1.165, 1.54) is 13.2 Å². The number of ether oxygens (including phenoxy) is 1. The van der Waals surface area contributed by atoms with E-state index >= 15 is 0 Å². The molecule has 0 radical (unpaired) electrons. The molecule has 0 N–H and O–H groups in total. The molecule has 0 aliphatic carbocycles. The van der Waals surface area contributed by atoms with Crippen molar-refractivity contribution in [2.75, 3.05) is 20.3 Å². The first-order valence-electron chi connectivity index (χ1n) is 6.72. The van der Waals surface area contributed by atoms with Crippen molar-refractivity contribution in [1.29, 1.82) is 0 Å². The Morgan fingerprint density at radius 1 is 1.14 bits per heavy atom. The Balaban J connectivity index is 2.50. The van der Waals surface area contributed by atoms with Gasteiger partial charge in [0, 0.05) is 6.07 Å². The van der Waals surface area contributed by atoms with Gasteiger partial charge in [-0.2, -0.15) is 0 Å². The highest BCUT2D eigenvalue weighted by molar-refractivity contribution is 7.48. The molecule has 8 heteroatoms. The zero-order valence-corrected chi connectivity index (χ0v) is 13.4. The van der Waals surface area contributed by atoms with Gasteiger partial charge in [-0.15, -0.1) is 0 Å². The Kier molecular flexibility index (Phi) is 5.24. The summed E-state index contributed by atoms with van der Waals surface area (Å²) in [4.78, 5) is 11.6. The van der Waals surface area contributed by atoms with Crippen LogP contribution in [0.4, 0.5) is 0 Å². The number of phosphoric ester groups is 1. The molecule has 1 heterocycles. The Morgan fingerprint density at radius 2 is 1.82 bits per heavy atom. The lowest BCUT2D eigenvalue weighted by Gasteiger charge is -2.17. The van der Waals surface area contributed by atoms with Crippen molar-refractivity contribution in [2.45, 2.75) is 13.8 Å². The van der Waals surface area contributed by atoms with Crippen molar-refractivity contribution in [3.8, 4) is 11.5 Å². The summed E-state index contributed by atoms with van der Waals surface area (Å²) in [7, 11) is -2.30. The fourth-order valence-corrected chi connectivity index (χ4v) is 3.05. The molecule has 0 aliphatic heterocycles. The van der Waals surface area contributed by atoms with E-state index < -0.39 is 13.4 Å². The molecule has 2 rings (SSSR count). The molecule has 1 aromatic heterocycles. The summed E-state index contributed by atoms with van der Waals surface area (Å²) < 4.78 is 38.1. The molecule has 0 atom stereocenters. The van der Waals surface area contributed by atoms with E-state index in [0.717, 1.165) is 6.07 Å². The molecule has 0 spiro atoms. The standard InChI is InChI=1S/C14H17O7P/c1-4-18-22(16,19-5-2)21-13-9-14(15)20-12-8-10(17-3)6-7-11(12)13/h6-9H,4-5H2,1-3H3. The van der Waals surface area contributed by atoms with Crippen LogP contribution in [0.1, 0.15) is 13.8 Å². The van der Waals surface area contributed by atoms with E-state index in [0.29, 0.717) is 11.1 Å². The SMILES string of the molecule is CCOP(=O)(OCC)Oc1cc(=O)oc2cc(OC)ccc12. The molecule has 2 aromatic rings. The number of benzene rings is 1. The van der Waals surface area contributed by atoms with Gasteiger partial charge in [0.2, 0.25) is 0 Å². The van der Waals surface area contributed by atoms with Crippen LogP contribution in [-0.2, 0) is 13.6 Å². The second-order valence-corrected chi connectivity index (χ2v) is 5.76. The molecule has 0 fully saturated rings. The molecule has 0 unspecified atom stereocenters. The monoisotopic (exact) mass is 328 g/mol. The average Bonchev–Trinajstić information content (AvgIpc) is 2.46. The highest BCUT2D eigenvalue weighted by Gasteiger charge is 2.28. The first-order chi connectivity index (χ1) is 10.5. The smallest absolute Gasteiger partial charge is 0.497 e. The van der Waals surface area contributed by atoms with Crippen LogP contribution >= 0.6 is 7.82 Å². The normalized spacial score (nSPS) is 11.6. The van der Waals surface area contributed by atoms with Crippen molar-refractivity contribution < 1.29 is 27.3 Å². The molecule has 1 aromatic carbocycles. The zero-order valence-electron chi connectivity index (χ0n) is 12.5. The quantitative estimate of drug-likeness (QED) is 0.569. The summed E-state index contributed by atoms with van der Waals surface area (Å²) in [5.41, 5.74) is -0.392.